The summed E-state index contributed by atoms with van der Waals surface area (Å²) in [5.74, 6) is -0.814. The van der Waals surface area contributed by atoms with Gasteiger partial charge in [-0.15, -0.1) is 0 Å². The summed E-state index contributed by atoms with van der Waals surface area (Å²) in [4.78, 5) is 19.2. The van der Waals surface area contributed by atoms with Crippen LogP contribution in [0, 0.1) is 0 Å². The van der Waals surface area contributed by atoms with Crippen LogP contribution in [0.5, 0.6) is 0 Å². The minimum atomic E-state index is -4.70. The molecule has 1 amide bonds. The van der Waals surface area contributed by atoms with Gasteiger partial charge in [-0.05, 0) is 18.2 Å². The molecule has 152 valence electrons. The zero-order valence-electron chi connectivity index (χ0n) is 14.1. The van der Waals surface area contributed by atoms with Crippen molar-refractivity contribution in [1.82, 2.24) is 15.3 Å². The maximum Gasteiger partial charge on any atom is 0.433 e. The molecular weight excluding hydrogens is 416 g/mol. The average molecular weight is 428 g/mol. The van der Waals surface area contributed by atoms with E-state index in [4.69, 9.17) is 16.3 Å². The minimum Gasteiger partial charge on any atom is -0.378 e. The molecule has 0 saturated heterocycles. The molecule has 0 radical (unpaired) electrons. The van der Waals surface area contributed by atoms with Crippen molar-refractivity contribution in [2.45, 2.75) is 25.5 Å². The standard InChI is InChI=1S/C16H12ClF6N3O2/c1-28-7-12-9(2-3-13(26-12)16(21,22)23)14(27)25-6-11-10(17)4-8(5-24-11)15(18,19)20/h2-5H,6-7H2,1H3,(H,25,27). The van der Waals surface area contributed by atoms with E-state index in [0.717, 1.165) is 6.07 Å². The van der Waals surface area contributed by atoms with Crippen LogP contribution in [0.2, 0.25) is 5.02 Å². The number of ether oxygens (including phenoxy) is 1. The lowest BCUT2D eigenvalue weighted by atomic mass is 10.1. The third-order valence-corrected chi connectivity index (χ3v) is 3.78. The van der Waals surface area contributed by atoms with E-state index in [-0.39, 0.29) is 35.1 Å². The SMILES string of the molecule is COCc1nc(C(F)(F)F)ccc1C(=O)NCc1ncc(C(F)(F)F)cc1Cl. The molecule has 0 aliphatic heterocycles. The predicted octanol–water partition coefficient (Wildman–Crippen LogP) is 4.24. The number of nitrogens with zero attached hydrogens (tertiary/aromatic N) is 2. The summed E-state index contributed by atoms with van der Waals surface area (Å²) in [6.07, 6.45) is -8.77. The molecule has 0 bridgehead atoms. The first kappa shape index (κ1) is 21.9. The molecule has 5 nitrogen and oxygen atoms in total. The zero-order chi connectivity index (χ0) is 21.1. The van der Waals surface area contributed by atoms with Gasteiger partial charge in [-0.2, -0.15) is 26.3 Å². The summed E-state index contributed by atoms with van der Waals surface area (Å²) >= 11 is 5.75. The summed E-state index contributed by atoms with van der Waals surface area (Å²) in [6.45, 7) is -0.699. The number of halogens is 7. The first-order valence-corrected chi connectivity index (χ1v) is 7.87. The minimum absolute atomic E-state index is 0.0452. The van der Waals surface area contributed by atoms with E-state index in [0.29, 0.717) is 18.3 Å². The molecule has 0 unspecified atom stereocenters. The van der Waals surface area contributed by atoms with Gasteiger partial charge in [-0.3, -0.25) is 9.78 Å². The van der Waals surface area contributed by atoms with Crippen LogP contribution in [-0.4, -0.2) is 23.0 Å². The van der Waals surface area contributed by atoms with E-state index in [1.54, 1.807) is 0 Å². The Kier molecular flexibility index (Phi) is 6.50. The molecule has 12 heteroatoms. The third-order valence-electron chi connectivity index (χ3n) is 3.45. The number of carbonyl (C=O) groups excluding carboxylic acids is 1. The van der Waals surface area contributed by atoms with Crippen molar-refractivity contribution < 1.29 is 35.9 Å². The molecule has 1 N–H and O–H groups in total. The fraction of sp³-hybridized carbons (Fsp3) is 0.312. The second-order valence-electron chi connectivity index (χ2n) is 5.45. The van der Waals surface area contributed by atoms with Crippen molar-refractivity contribution in [3.05, 3.63) is 57.6 Å². The molecular formula is C16H12ClF6N3O2. The van der Waals surface area contributed by atoms with Crippen LogP contribution in [0.3, 0.4) is 0 Å². The number of alkyl halides is 6. The highest BCUT2D eigenvalue weighted by atomic mass is 35.5. The lowest BCUT2D eigenvalue weighted by molar-refractivity contribution is -0.141. The molecule has 0 aliphatic carbocycles. The molecule has 0 spiro atoms. The maximum atomic E-state index is 12.8. The lowest BCUT2D eigenvalue weighted by Crippen LogP contribution is -2.26. The topological polar surface area (TPSA) is 64.1 Å². The molecule has 0 saturated carbocycles. The van der Waals surface area contributed by atoms with E-state index in [9.17, 15) is 31.1 Å². The van der Waals surface area contributed by atoms with Gasteiger partial charge in [0.25, 0.3) is 5.91 Å². The monoisotopic (exact) mass is 427 g/mol. The Morgan fingerprint density at radius 3 is 2.36 bits per heavy atom. The van der Waals surface area contributed by atoms with Crippen LogP contribution >= 0.6 is 11.6 Å². The number of rotatable bonds is 5. The number of nitrogens with one attached hydrogen (secondary N) is 1. The summed E-state index contributed by atoms with van der Waals surface area (Å²) in [5.41, 5.74) is -2.72. The molecule has 28 heavy (non-hydrogen) atoms. The average Bonchev–Trinajstić information content (AvgIpc) is 2.59. The quantitative estimate of drug-likeness (QED) is 0.725. The van der Waals surface area contributed by atoms with Crippen molar-refractivity contribution in [1.29, 1.82) is 0 Å². The Morgan fingerprint density at radius 2 is 1.82 bits per heavy atom. The van der Waals surface area contributed by atoms with E-state index in [1.807, 2.05) is 0 Å². The van der Waals surface area contributed by atoms with Crippen molar-refractivity contribution >= 4 is 17.5 Å². The highest BCUT2D eigenvalue weighted by Gasteiger charge is 2.34. The fourth-order valence-electron chi connectivity index (χ4n) is 2.12. The predicted molar refractivity (Wildman–Crippen MR) is 85.4 cm³/mol. The van der Waals surface area contributed by atoms with Gasteiger partial charge in [-0.25, -0.2) is 4.98 Å². The van der Waals surface area contributed by atoms with Crippen molar-refractivity contribution in [3.8, 4) is 0 Å². The van der Waals surface area contributed by atoms with Crippen LogP contribution < -0.4 is 5.32 Å². The van der Waals surface area contributed by atoms with E-state index in [1.165, 1.54) is 7.11 Å². The van der Waals surface area contributed by atoms with Crippen LogP contribution in [0.4, 0.5) is 26.3 Å². The molecule has 0 fully saturated rings. The second-order valence-corrected chi connectivity index (χ2v) is 5.86. The van der Waals surface area contributed by atoms with Crippen molar-refractivity contribution in [3.63, 3.8) is 0 Å². The van der Waals surface area contributed by atoms with Crippen LogP contribution in [0.1, 0.15) is 33.0 Å². The molecule has 0 aromatic carbocycles. The lowest BCUT2D eigenvalue weighted by Gasteiger charge is -2.13. The van der Waals surface area contributed by atoms with Crippen LogP contribution in [0.15, 0.2) is 24.4 Å². The van der Waals surface area contributed by atoms with Gasteiger partial charge in [0.05, 0.1) is 40.7 Å². The van der Waals surface area contributed by atoms with Gasteiger partial charge in [-0.1, -0.05) is 11.6 Å². The fourth-order valence-corrected chi connectivity index (χ4v) is 2.36. The molecule has 2 rings (SSSR count). The first-order chi connectivity index (χ1) is 12.9. The van der Waals surface area contributed by atoms with Gasteiger partial charge in [0.1, 0.15) is 5.69 Å². The van der Waals surface area contributed by atoms with Crippen molar-refractivity contribution in [2.75, 3.05) is 7.11 Å². The van der Waals surface area contributed by atoms with Gasteiger partial charge in [0, 0.05) is 13.3 Å². The summed E-state index contributed by atoms with van der Waals surface area (Å²) in [5, 5.41) is 2.01. The Balaban J connectivity index is 2.19. The summed E-state index contributed by atoms with van der Waals surface area (Å²) in [7, 11) is 1.22. The van der Waals surface area contributed by atoms with Gasteiger partial charge in [0.15, 0.2) is 0 Å². The first-order valence-electron chi connectivity index (χ1n) is 7.49. The van der Waals surface area contributed by atoms with E-state index < -0.39 is 29.5 Å². The summed E-state index contributed by atoms with van der Waals surface area (Å²) < 4.78 is 80.9. The van der Waals surface area contributed by atoms with Crippen LogP contribution in [0.25, 0.3) is 0 Å². The van der Waals surface area contributed by atoms with E-state index >= 15 is 0 Å². The Labute approximate surface area is 159 Å². The Hall–Kier alpha value is -2.40. The second kappa shape index (κ2) is 8.31. The number of hydrogen-bond donors (Lipinski definition) is 1. The van der Waals surface area contributed by atoms with Gasteiger partial charge < -0.3 is 10.1 Å². The molecule has 0 atom stereocenters. The number of pyridine rings is 2. The number of amides is 1. The Morgan fingerprint density at radius 1 is 1.14 bits per heavy atom. The zero-order valence-corrected chi connectivity index (χ0v) is 14.8. The highest BCUT2D eigenvalue weighted by molar-refractivity contribution is 6.31. The number of aromatic nitrogens is 2. The smallest absolute Gasteiger partial charge is 0.378 e. The number of hydrogen-bond acceptors (Lipinski definition) is 4. The van der Waals surface area contributed by atoms with Crippen molar-refractivity contribution in [2.24, 2.45) is 0 Å². The highest BCUT2D eigenvalue weighted by Crippen LogP contribution is 2.31. The third kappa shape index (κ3) is 5.32. The molecule has 2 aromatic rings. The van der Waals surface area contributed by atoms with Gasteiger partial charge >= 0.3 is 12.4 Å². The molecule has 2 aromatic heterocycles. The van der Waals surface area contributed by atoms with Crippen LogP contribution in [-0.2, 0) is 30.2 Å². The normalized spacial score (nSPS) is 12.1. The number of methoxy groups -OCH3 is 1. The number of carbonyl (C=O) groups is 1. The molecule has 2 heterocycles. The van der Waals surface area contributed by atoms with E-state index in [2.05, 4.69) is 15.3 Å². The van der Waals surface area contributed by atoms with Gasteiger partial charge in [0.2, 0.25) is 0 Å². The Bertz CT molecular complexity index is 870. The summed E-state index contributed by atoms with van der Waals surface area (Å²) in [6, 6.07) is 2.23. The largest absolute Gasteiger partial charge is 0.433 e. The molecule has 0 aliphatic rings. The maximum absolute atomic E-state index is 12.8.